The Labute approximate surface area is 115 Å². The highest BCUT2D eigenvalue weighted by molar-refractivity contribution is 7.89. The molecule has 1 aromatic carbocycles. The predicted molar refractivity (Wildman–Crippen MR) is 73.9 cm³/mol. The van der Waals surface area contributed by atoms with Gasteiger partial charge < -0.3 is 9.47 Å². The number of nitrogens with zero attached hydrogens (tertiary/aromatic N) is 1. The van der Waals surface area contributed by atoms with E-state index >= 15 is 0 Å². The first-order valence-electron chi connectivity index (χ1n) is 6.28. The van der Waals surface area contributed by atoms with Crippen molar-refractivity contribution < 1.29 is 17.9 Å². The number of benzene rings is 1. The van der Waals surface area contributed by atoms with E-state index < -0.39 is 10.0 Å². The van der Waals surface area contributed by atoms with Crippen molar-refractivity contribution in [2.24, 2.45) is 0 Å². The Balaban J connectivity index is 2.80. The summed E-state index contributed by atoms with van der Waals surface area (Å²) in [5, 5.41) is 0. The molecule has 0 aliphatic rings. The van der Waals surface area contributed by atoms with Crippen molar-refractivity contribution in [1.82, 2.24) is 4.31 Å². The Hall–Kier alpha value is -1.11. The summed E-state index contributed by atoms with van der Waals surface area (Å²) in [6.45, 7) is 5.51. The summed E-state index contributed by atoms with van der Waals surface area (Å²) in [5.74, 6) is 0.635. The molecule has 0 spiro atoms. The molecular formula is C13H21NO4S. The zero-order valence-corrected chi connectivity index (χ0v) is 12.4. The van der Waals surface area contributed by atoms with Crippen LogP contribution in [0.5, 0.6) is 5.75 Å². The van der Waals surface area contributed by atoms with E-state index in [0.29, 0.717) is 32.1 Å². The molecule has 1 aromatic rings. The maximum absolute atomic E-state index is 12.2. The van der Waals surface area contributed by atoms with Crippen molar-refractivity contribution in [2.75, 3.05) is 33.4 Å². The maximum atomic E-state index is 12.2. The van der Waals surface area contributed by atoms with Gasteiger partial charge in [0.05, 0.1) is 11.5 Å². The number of hydrogen-bond acceptors (Lipinski definition) is 4. The van der Waals surface area contributed by atoms with E-state index in [-0.39, 0.29) is 4.90 Å². The fraction of sp³-hybridized carbons (Fsp3) is 0.538. The average molecular weight is 287 g/mol. The van der Waals surface area contributed by atoms with E-state index in [1.165, 1.54) is 4.31 Å². The Morgan fingerprint density at radius 3 is 2.11 bits per heavy atom. The predicted octanol–water partition coefficient (Wildman–Crippen LogP) is 1.74. The van der Waals surface area contributed by atoms with Crippen LogP contribution in [0.1, 0.15) is 13.8 Å². The second-order valence-corrected chi connectivity index (χ2v) is 5.84. The number of methoxy groups -OCH3 is 1. The van der Waals surface area contributed by atoms with Gasteiger partial charge in [0.2, 0.25) is 10.0 Å². The standard InChI is InChI=1S/C13H21NO4S/c1-4-14(5-2)19(15,16)13-8-6-12(7-9-13)18-11-10-17-3/h6-9H,4-5,10-11H2,1-3H3. The lowest BCUT2D eigenvalue weighted by molar-refractivity contribution is 0.146. The van der Waals surface area contributed by atoms with Crippen LogP contribution in [0, 0.1) is 0 Å². The lowest BCUT2D eigenvalue weighted by atomic mass is 10.3. The smallest absolute Gasteiger partial charge is 0.243 e. The molecule has 1 rings (SSSR count). The minimum atomic E-state index is -3.39. The van der Waals surface area contributed by atoms with Crippen molar-refractivity contribution in [3.8, 4) is 5.75 Å². The molecule has 0 heterocycles. The summed E-state index contributed by atoms with van der Waals surface area (Å²) in [4.78, 5) is 0.287. The maximum Gasteiger partial charge on any atom is 0.243 e. The molecule has 19 heavy (non-hydrogen) atoms. The fourth-order valence-electron chi connectivity index (χ4n) is 1.66. The molecule has 6 heteroatoms. The molecule has 0 unspecified atom stereocenters. The van der Waals surface area contributed by atoms with Crippen LogP contribution in [0.4, 0.5) is 0 Å². The Morgan fingerprint density at radius 2 is 1.63 bits per heavy atom. The summed E-state index contributed by atoms with van der Waals surface area (Å²) in [6.07, 6.45) is 0. The normalized spacial score (nSPS) is 11.8. The molecule has 0 fully saturated rings. The van der Waals surface area contributed by atoms with Gasteiger partial charge in [-0.3, -0.25) is 0 Å². The van der Waals surface area contributed by atoms with Crippen LogP contribution >= 0.6 is 0 Å². The van der Waals surface area contributed by atoms with Crippen molar-refractivity contribution in [3.63, 3.8) is 0 Å². The third-order valence-electron chi connectivity index (χ3n) is 2.72. The van der Waals surface area contributed by atoms with Crippen LogP contribution in [0.25, 0.3) is 0 Å². The molecule has 0 radical (unpaired) electrons. The fourth-order valence-corrected chi connectivity index (χ4v) is 3.12. The van der Waals surface area contributed by atoms with Crippen LogP contribution in [-0.4, -0.2) is 46.1 Å². The number of ether oxygens (including phenoxy) is 2. The Bertz CT molecular complexity index is 466. The molecule has 0 saturated carbocycles. The summed E-state index contributed by atoms with van der Waals surface area (Å²) < 4.78 is 36.2. The van der Waals surface area contributed by atoms with E-state index in [2.05, 4.69) is 0 Å². The second-order valence-electron chi connectivity index (χ2n) is 3.90. The molecule has 0 N–H and O–H groups in total. The van der Waals surface area contributed by atoms with Gasteiger partial charge >= 0.3 is 0 Å². The van der Waals surface area contributed by atoms with Gasteiger partial charge in [-0.25, -0.2) is 8.42 Å². The molecule has 0 atom stereocenters. The first-order valence-corrected chi connectivity index (χ1v) is 7.72. The molecule has 108 valence electrons. The number of sulfonamides is 1. The number of hydrogen-bond donors (Lipinski definition) is 0. The van der Waals surface area contributed by atoms with E-state index in [1.807, 2.05) is 13.8 Å². The third kappa shape index (κ3) is 4.19. The van der Waals surface area contributed by atoms with Gasteiger partial charge in [0.1, 0.15) is 12.4 Å². The zero-order valence-electron chi connectivity index (χ0n) is 11.6. The lowest BCUT2D eigenvalue weighted by Crippen LogP contribution is -2.30. The van der Waals surface area contributed by atoms with Gasteiger partial charge in [0, 0.05) is 20.2 Å². The molecule has 0 aromatic heterocycles. The topological polar surface area (TPSA) is 55.8 Å². The van der Waals surface area contributed by atoms with Gasteiger partial charge in [0.15, 0.2) is 0 Å². The molecule has 0 aliphatic heterocycles. The monoisotopic (exact) mass is 287 g/mol. The quantitative estimate of drug-likeness (QED) is 0.683. The first-order chi connectivity index (χ1) is 9.06. The third-order valence-corrected chi connectivity index (χ3v) is 4.79. The van der Waals surface area contributed by atoms with Crippen LogP contribution < -0.4 is 4.74 Å². The number of rotatable bonds is 8. The minimum Gasteiger partial charge on any atom is -0.491 e. The minimum absolute atomic E-state index is 0.287. The van der Waals surface area contributed by atoms with Crippen molar-refractivity contribution >= 4 is 10.0 Å². The average Bonchev–Trinajstić information content (AvgIpc) is 2.41. The summed E-state index contributed by atoms with van der Waals surface area (Å²) >= 11 is 0. The molecule has 0 bridgehead atoms. The van der Waals surface area contributed by atoms with Crippen molar-refractivity contribution in [3.05, 3.63) is 24.3 Å². The van der Waals surface area contributed by atoms with Gasteiger partial charge in [0.25, 0.3) is 0 Å². The Morgan fingerprint density at radius 1 is 1.05 bits per heavy atom. The Kier molecular flexibility index (Phi) is 6.27. The molecule has 0 aliphatic carbocycles. The zero-order chi connectivity index (χ0) is 14.3. The van der Waals surface area contributed by atoms with Crippen LogP contribution in [0.3, 0.4) is 0 Å². The summed E-state index contributed by atoms with van der Waals surface area (Å²) in [5.41, 5.74) is 0. The van der Waals surface area contributed by atoms with E-state index in [0.717, 1.165) is 0 Å². The van der Waals surface area contributed by atoms with Crippen LogP contribution in [0.15, 0.2) is 29.2 Å². The molecule has 0 amide bonds. The van der Waals surface area contributed by atoms with Gasteiger partial charge in [-0.1, -0.05) is 13.8 Å². The molecular weight excluding hydrogens is 266 g/mol. The highest BCUT2D eigenvalue weighted by atomic mass is 32.2. The SMILES string of the molecule is CCN(CC)S(=O)(=O)c1ccc(OCCOC)cc1. The highest BCUT2D eigenvalue weighted by Crippen LogP contribution is 2.19. The molecule has 5 nitrogen and oxygen atoms in total. The lowest BCUT2D eigenvalue weighted by Gasteiger charge is -2.18. The second kappa shape index (κ2) is 7.47. The van der Waals surface area contributed by atoms with Gasteiger partial charge in [-0.05, 0) is 24.3 Å². The molecule has 0 saturated heterocycles. The van der Waals surface area contributed by atoms with Crippen LogP contribution in [0.2, 0.25) is 0 Å². The van der Waals surface area contributed by atoms with E-state index in [1.54, 1.807) is 31.4 Å². The highest BCUT2D eigenvalue weighted by Gasteiger charge is 2.21. The van der Waals surface area contributed by atoms with E-state index in [9.17, 15) is 8.42 Å². The van der Waals surface area contributed by atoms with Crippen molar-refractivity contribution in [1.29, 1.82) is 0 Å². The van der Waals surface area contributed by atoms with E-state index in [4.69, 9.17) is 9.47 Å². The summed E-state index contributed by atoms with van der Waals surface area (Å²) in [7, 11) is -1.79. The first kappa shape index (κ1) is 15.9. The van der Waals surface area contributed by atoms with Gasteiger partial charge in [-0.15, -0.1) is 0 Å². The van der Waals surface area contributed by atoms with Gasteiger partial charge in [-0.2, -0.15) is 4.31 Å². The summed E-state index contributed by atoms with van der Waals surface area (Å²) in [6, 6.07) is 6.45. The van der Waals surface area contributed by atoms with Crippen molar-refractivity contribution in [2.45, 2.75) is 18.7 Å². The van der Waals surface area contributed by atoms with Crippen LogP contribution in [-0.2, 0) is 14.8 Å². The largest absolute Gasteiger partial charge is 0.491 e.